The van der Waals surface area contributed by atoms with Gasteiger partial charge in [-0.25, -0.2) is 13.4 Å². The molecule has 0 aliphatic rings. The molecular formula is C18H24N2O3S2. The molecule has 2 aromatic rings. The van der Waals surface area contributed by atoms with Crippen molar-refractivity contribution >= 4 is 32.8 Å². The standard InChI is InChI=1S/C18H24N2O3S2/c1-4-6-17-19-16(11-24-17)12-25(22,23)13(3)18(21)20-15-9-7-14(5-2)8-10-15/h7-11,13H,4-6,12H2,1-3H3,(H,20,21). The minimum atomic E-state index is -3.61. The molecule has 0 aliphatic heterocycles. The van der Waals surface area contributed by atoms with Crippen LogP contribution < -0.4 is 5.32 Å². The Labute approximate surface area is 153 Å². The molecule has 1 unspecified atom stereocenters. The molecule has 136 valence electrons. The first-order valence-electron chi connectivity index (χ1n) is 8.40. The quantitative estimate of drug-likeness (QED) is 0.759. The Balaban J connectivity index is 2.02. The number of nitrogens with one attached hydrogen (secondary N) is 1. The maximum absolute atomic E-state index is 12.5. The zero-order chi connectivity index (χ0) is 18.4. The first kappa shape index (κ1) is 19.6. The van der Waals surface area contributed by atoms with Crippen LogP contribution in [0.2, 0.25) is 0 Å². The molecule has 5 nitrogen and oxygen atoms in total. The van der Waals surface area contributed by atoms with E-state index in [0.29, 0.717) is 11.4 Å². The summed E-state index contributed by atoms with van der Waals surface area (Å²) < 4.78 is 25.0. The Morgan fingerprint density at radius 1 is 1.24 bits per heavy atom. The van der Waals surface area contributed by atoms with Crippen molar-refractivity contribution in [2.45, 2.75) is 51.0 Å². The number of benzene rings is 1. The van der Waals surface area contributed by atoms with Gasteiger partial charge < -0.3 is 5.32 Å². The lowest BCUT2D eigenvalue weighted by Gasteiger charge is -2.13. The van der Waals surface area contributed by atoms with Gasteiger partial charge in [0.1, 0.15) is 5.25 Å². The van der Waals surface area contributed by atoms with Crippen LogP contribution in [-0.2, 0) is 33.2 Å². The van der Waals surface area contributed by atoms with Crippen LogP contribution in [0.25, 0.3) is 0 Å². The summed E-state index contributed by atoms with van der Waals surface area (Å²) >= 11 is 1.46. The Hall–Kier alpha value is -1.73. The number of aromatic nitrogens is 1. The maximum Gasteiger partial charge on any atom is 0.242 e. The average molecular weight is 381 g/mol. The maximum atomic E-state index is 12.5. The van der Waals surface area contributed by atoms with E-state index in [1.54, 1.807) is 17.5 Å². The van der Waals surface area contributed by atoms with Gasteiger partial charge in [-0.1, -0.05) is 26.0 Å². The van der Waals surface area contributed by atoms with Crippen LogP contribution in [0.4, 0.5) is 5.69 Å². The number of carbonyl (C=O) groups excluding carboxylic acids is 1. The Morgan fingerprint density at radius 3 is 2.52 bits per heavy atom. The second-order valence-electron chi connectivity index (χ2n) is 5.97. The fourth-order valence-corrected chi connectivity index (χ4v) is 4.51. The van der Waals surface area contributed by atoms with Crippen molar-refractivity contribution in [2.75, 3.05) is 5.32 Å². The van der Waals surface area contributed by atoms with E-state index in [9.17, 15) is 13.2 Å². The highest BCUT2D eigenvalue weighted by molar-refractivity contribution is 7.92. The number of sulfone groups is 1. The number of amides is 1. The zero-order valence-corrected chi connectivity index (χ0v) is 16.4. The van der Waals surface area contributed by atoms with E-state index in [4.69, 9.17) is 0 Å². The summed E-state index contributed by atoms with van der Waals surface area (Å²) in [6.07, 6.45) is 2.72. The van der Waals surface area contributed by atoms with E-state index in [1.807, 2.05) is 19.1 Å². The van der Waals surface area contributed by atoms with Crippen molar-refractivity contribution < 1.29 is 13.2 Å². The summed E-state index contributed by atoms with van der Waals surface area (Å²) in [7, 11) is -3.61. The number of thiazole rings is 1. The van der Waals surface area contributed by atoms with Gasteiger partial charge in [-0.15, -0.1) is 11.3 Å². The van der Waals surface area contributed by atoms with E-state index in [1.165, 1.54) is 18.3 Å². The molecule has 1 aromatic heterocycles. The second-order valence-corrected chi connectivity index (χ2v) is 9.24. The Morgan fingerprint density at radius 2 is 1.92 bits per heavy atom. The molecule has 0 saturated carbocycles. The molecule has 7 heteroatoms. The molecule has 0 saturated heterocycles. The van der Waals surface area contributed by atoms with Crippen LogP contribution in [0, 0.1) is 0 Å². The van der Waals surface area contributed by atoms with E-state index >= 15 is 0 Å². The van der Waals surface area contributed by atoms with Crippen LogP contribution in [0.15, 0.2) is 29.6 Å². The second kappa shape index (κ2) is 8.58. The van der Waals surface area contributed by atoms with Gasteiger partial charge in [-0.2, -0.15) is 0 Å². The van der Waals surface area contributed by atoms with Gasteiger partial charge >= 0.3 is 0 Å². The van der Waals surface area contributed by atoms with Crippen LogP contribution in [0.3, 0.4) is 0 Å². The number of rotatable bonds is 8. The van der Waals surface area contributed by atoms with Gasteiger partial charge in [0.05, 0.1) is 16.5 Å². The fourth-order valence-electron chi connectivity index (χ4n) is 2.31. The lowest BCUT2D eigenvalue weighted by molar-refractivity contribution is -0.115. The highest BCUT2D eigenvalue weighted by Gasteiger charge is 2.29. The Kier molecular flexibility index (Phi) is 6.72. The zero-order valence-electron chi connectivity index (χ0n) is 14.8. The van der Waals surface area contributed by atoms with Gasteiger partial charge in [-0.05, 0) is 43.9 Å². The number of hydrogen-bond donors (Lipinski definition) is 1. The van der Waals surface area contributed by atoms with Crippen molar-refractivity contribution in [3.8, 4) is 0 Å². The highest BCUT2D eigenvalue weighted by atomic mass is 32.2. The number of carbonyl (C=O) groups is 1. The van der Waals surface area contributed by atoms with Gasteiger partial charge in [0, 0.05) is 11.1 Å². The van der Waals surface area contributed by atoms with E-state index in [-0.39, 0.29) is 5.75 Å². The molecular weight excluding hydrogens is 356 g/mol. The van der Waals surface area contributed by atoms with Crippen LogP contribution in [-0.4, -0.2) is 24.6 Å². The molecule has 1 N–H and O–H groups in total. The molecule has 1 amide bonds. The van der Waals surface area contributed by atoms with Crippen molar-refractivity contribution in [3.05, 3.63) is 45.9 Å². The number of aryl methyl sites for hydroxylation is 2. The minimum Gasteiger partial charge on any atom is -0.325 e. The molecule has 0 bridgehead atoms. The summed E-state index contributed by atoms with van der Waals surface area (Å²) in [6, 6.07) is 7.40. The third-order valence-electron chi connectivity index (χ3n) is 3.95. The summed E-state index contributed by atoms with van der Waals surface area (Å²) in [6.45, 7) is 5.52. The van der Waals surface area contributed by atoms with Gasteiger partial charge in [0.2, 0.25) is 5.91 Å². The molecule has 1 atom stereocenters. The summed E-state index contributed by atoms with van der Waals surface area (Å²) in [4.78, 5) is 16.6. The summed E-state index contributed by atoms with van der Waals surface area (Å²) in [5.41, 5.74) is 2.27. The van der Waals surface area contributed by atoms with Crippen LogP contribution in [0.5, 0.6) is 0 Å². The fraction of sp³-hybridized carbons (Fsp3) is 0.444. The minimum absolute atomic E-state index is 0.212. The van der Waals surface area contributed by atoms with Crippen molar-refractivity contribution in [1.29, 1.82) is 0 Å². The number of hydrogen-bond acceptors (Lipinski definition) is 5. The molecule has 1 aromatic carbocycles. The number of anilines is 1. The smallest absolute Gasteiger partial charge is 0.242 e. The normalized spacial score (nSPS) is 12.8. The predicted octanol–water partition coefficient (Wildman–Crippen LogP) is 3.60. The largest absolute Gasteiger partial charge is 0.325 e. The summed E-state index contributed by atoms with van der Waals surface area (Å²) in [5.74, 6) is -0.732. The summed E-state index contributed by atoms with van der Waals surface area (Å²) in [5, 5.41) is 4.24. The molecule has 0 fully saturated rings. The van der Waals surface area contributed by atoms with Gasteiger partial charge in [0.15, 0.2) is 9.84 Å². The lowest BCUT2D eigenvalue weighted by atomic mass is 10.1. The van der Waals surface area contributed by atoms with Crippen LogP contribution >= 0.6 is 11.3 Å². The SMILES string of the molecule is CCCc1nc(CS(=O)(=O)C(C)C(=O)Nc2ccc(CC)cc2)cs1. The molecule has 0 spiro atoms. The third kappa shape index (κ3) is 5.37. The van der Waals surface area contributed by atoms with Crippen molar-refractivity contribution in [3.63, 3.8) is 0 Å². The third-order valence-corrected chi connectivity index (χ3v) is 6.90. The predicted molar refractivity (Wildman–Crippen MR) is 103 cm³/mol. The number of nitrogens with zero attached hydrogens (tertiary/aromatic N) is 1. The Bertz CT molecular complexity index is 811. The van der Waals surface area contributed by atoms with E-state index in [2.05, 4.69) is 17.2 Å². The van der Waals surface area contributed by atoms with Gasteiger partial charge in [-0.3, -0.25) is 4.79 Å². The lowest BCUT2D eigenvalue weighted by Crippen LogP contribution is -2.33. The average Bonchev–Trinajstić information content (AvgIpc) is 3.01. The molecule has 25 heavy (non-hydrogen) atoms. The highest BCUT2D eigenvalue weighted by Crippen LogP contribution is 2.18. The first-order valence-corrected chi connectivity index (χ1v) is 11.0. The van der Waals surface area contributed by atoms with E-state index in [0.717, 1.165) is 29.8 Å². The van der Waals surface area contributed by atoms with Gasteiger partial charge in [0.25, 0.3) is 0 Å². The molecule has 0 aliphatic carbocycles. The monoisotopic (exact) mass is 380 g/mol. The van der Waals surface area contributed by atoms with Crippen molar-refractivity contribution in [2.24, 2.45) is 0 Å². The van der Waals surface area contributed by atoms with Crippen molar-refractivity contribution in [1.82, 2.24) is 4.98 Å². The molecule has 1 heterocycles. The molecule has 0 radical (unpaired) electrons. The van der Waals surface area contributed by atoms with E-state index < -0.39 is 21.0 Å². The first-order chi connectivity index (χ1) is 11.9. The topological polar surface area (TPSA) is 76.1 Å². The molecule has 2 rings (SSSR count). The van der Waals surface area contributed by atoms with Crippen LogP contribution in [0.1, 0.15) is 43.5 Å².